The summed E-state index contributed by atoms with van der Waals surface area (Å²) in [5, 5.41) is 2.26. The first-order valence-electron chi connectivity index (χ1n) is 20.5. The summed E-state index contributed by atoms with van der Waals surface area (Å²) < 4.78 is 7.09. The number of hydrogen-bond donors (Lipinski definition) is 0. The third kappa shape index (κ3) is 5.69. The van der Waals surface area contributed by atoms with Gasteiger partial charge in [0.2, 0.25) is 5.95 Å². The summed E-state index contributed by atoms with van der Waals surface area (Å²) in [6.45, 7) is 0. The maximum Gasteiger partial charge on any atom is 0.238 e. The first-order chi connectivity index (χ1) is 30.3. The van der Waals surface area contributed by atoms with Gasteiger partial charge in [-0.25, -0.2) is 4.98 Å². The topological polar surface area (TPSA) is 53.5 Å². The molecule has 4 heterocycles. The van der Waals surface area contributed by atoms with Crippen molar-refractivity contribution >= 4 is 43.9 Å². The van der Waals surface area contributed by atoms with Crippen LogP contribution in [0.1, 0.15) is 0 Å². The first kappa shape index (κ1) is 34.7. The second-order valence-corrected chi connectivity index (χ2v) is 15.3. The monoisotopic (exact) mass is 780 g/mol. The summed E-state index contributed by atoms with van der Waals surface area (Å²) in [4.78, 5) is 16.0. The zero-order chi connectivity index (χ0) is 40.3. The van der Waals surface area contributed by atoms with Crippen LogP contribution >= 0.6 is 0 Å². The molecule has 0 aliphatic rings. The second-order valence-electron chi connectivity index (χ2n) is 15.3. The van der Waals surface area contributed by atoms with E-state index in [9.17, 15) is 0 Å². The van der Waals surface area contributed by atoms with E-state index in [0.29, 0.717) is 17.6 Å². The molecule has 61 heavy (non-hydrogen) atoms. The molecule has 12 aromatic rings. The molecule has 0 unspecified atom stereocenters. The molecule has 12 rings (SSSR count). The molecule has 0 saturated heterocycles. The van der Waals surface area contributed by atoms with Crippen LogP contribution in [-0.4, -0.2) is 28.7 Å². The summed E-state index contributed by atoms with van der Waals surface area (Å²) in [6.07, 6.45) is 0. The van der Waals surface area contributed by atoms with Crippen molar-refractivity contribution in [1.29, 1.82) is 0 Å². The van der Waals surface area contributed by atoms with E-state index in [4.69, 9.17) is 15.0 Å². The minimum absolute atomic E-state index is 0.544. The number of aromatic nitrogens is 6. The molecule has 6 nitrogen and oxygen atoms in total. The molecule has 0 amide bonds. The Labute approximate surface area is 351 Å². The highest BCUT2D eigenvalue weighted by molar-refractivity contribution is 6.25. The molecular weight excluding hydrogens is 745 g/mol. The summed E-state index contributed by atoms with van der Waals surface area (Å²) >= 11 is 0. The Morgan fingerprint density at radius 3 is 1.07 bits per heavy atom. The van der Waals surface area contributed by atoms with Crippen LogP contribution in [-0.2, 0) is 0 Å². The lowest BCUT2D eigenvalue weighted by Crippen LogP contribution is -2.07. The van der Waals surface area contributed by atoms with E-state index < -0.39 is 0 Å². The Morgan fingerprint density at radius 1 is 0.246 bits per heavy atom. The number of fused-ring (bicyclic) bond motifs is 7. The van der Waals surface area contributed by atoms with Crippen LogP contribution in [0.15, 0.2) is 218 Å². The van der Waals surface area contributed by atoms with Gasteiger partial charge in [-0.05, 0) is 58.7 Å². The second kappa shape index (κ2) is 14.2. The van der Waals surface area contributed by atoms with E-state index >= 15 is 0 Å². The van der Waals surface area contributed by atoms with Gasteiger partial charge in [-0.2, -0.15) is 9.97 Å². The lowest BCUT2D eigenvalue weighted by atomic mass is 10.0. The van der Waals surface area contributed by atoms with Gasteiger partial charge < -0.3 is 9.13 Å². The van der Waals surface area contributed by atoms with Gasteiger partial charge in [-0.3, -0.25) is 4.57 Å². The van der Waals surface area contributed by atoms with E-state index in [-0.39, 0.29) is 0 Å². The molecule has 0 spiro atoms. The maximum absolute atomic E-state index is 5.41. The predicted octanol–water partition coefficient (Wildman–Crippen LogP) is 13.5. The van der Waals surface area contributed by atoms with Gasteiger partial charge in [0.25, 0.3) is 0 Å². The Morgan fingerprint density at radius 2 is 0.590 bits per heavy atom. The zero-order valence-corrected chi connectivity index (χ0v) is 33.0. The molecule has 6 heteroatoms. The predicted molar refractivity (Wildman–Crippen MR) is 250 cm³/mol. The number of hydrogen-bond acceptors (Lipinski definition) is 3. The molecule has 8 aromatic carbocycles. The van der Waals surface area contributed by atoms with Crippen LogP contribution in [0.2, 0.25) is 0 Å². The third-order valence-electron chi connectivity index (χ3n) is 11.7. The molecule has 286 valence electrons. The normalized spacial score (nSPS) is 11.6. The smallest absolute Gasteiger partial charge is 0.238 e. The van der Waals surface area contributed by atoms with Crippen molar-refractivity contribution in [3.05, 3.63) is 218 Å². The lowest BCUT2D eigenvalue weighted by molar-refractivity contribution is 0.953. The van der Waals surface area contributed by atoms with E-state index in [1.165, 1.54) is 0 Å². The molecule has 0 atom stereocenters. The Balaban J connectivity index is 1.18. The highest BCUT2D eigenvalue weighted by Crippen LogP contribution is 2.45. The van der Waals surface area contributed by atoms with Crippen molar-refractivity contribution in [1.82, 2.24) is 28.7 Å². The van der Waals surface area contributed by atoms with Crippen molar-refractivity contribution in [3.8, 4) is 62.4 Å². The molecule has 4 aromatic heterocycles. The van der Waals surface area contributed by atoms with Crippen molar-refractivity contribution in [3.63, 3.8) is 0 Å². The van der Waals surface area contributed by atoms with Crippen LogP contribution in [0.4, 0.5) is 0 Å². The van der Waals surface area contributed by atoms with E-state index in [2.05, 4.69) is 220 Å². The van der Waals surface area contributed by atoms with Crippen molar-refractivity contribution in [2.24, 2.45) is 0 Å². The largest absolute Gasteiger partial charge is 0.306 e. The summed E-state index contributed by atoms with van der Waals surface area (Å²) in [6, 6.07) is 76.6. The molecule has 0 bridgehead atoms. The van der Waals surface area contributed by atoms with Crippen LogP contribution in [0.3, 0.4) is 0 Å². The molecular formula is C55H36N6. The number of benzene rings is 8. The third-order valence-corrected chi connectivity index (χ3v) is 11.7. The molecule has 0 radical (unpaired) electrons. The minimum Gasteiger partial charge on any atom is -0.306 e. The van der Waals surface area contributed by atoms with E-state index in [1.807, 2.05) is 12.1 Å². The van der Waals surface area contributed by atoms with Crippen molar-refractivity contribution < 1.29 is 0 Å². The standard InChI is InChI=1S/C55H36N6/c1-5-17-37(18-6-1)39-29-33-41(34-30-39)53-56-54(42-35-31-40(32-36-42)38-19-7-2-8-20-38)58-55(57-53)61-48-28-16-14-26-46(48)50-52(61)51-49(60(50)44-23-11-4-12-24-44)45-25-13-15-27-47(45)59(51)43-21-9-3-10-22-43/h1-36H. The summed E-state index contributed by atoms with van der Waals surface area (Å²) in [7, 11) is 0. The van der Waals surface area contributed by atoms with Gasteiger partial charge in [0.15, 0.2) is 11.6 Å². The fraction of sp³-hybridized carbons (Fsp3) is 0. The average molecular weight is 781 g/mol. The highest BCUT2D eigenvalue weighted by atomic mass is 15.2. The molecule has 0 saturated carbocycles. The van der Waals surface area contributed by atoms with Gasteiger partial charge in [0.1, 0.15) is 5.52 Å². The van der Waals surface area contributed by atoms with Crippen LogP contribution in [0.5, 0.6) is 0 Å². The maximum atomic E-state index is 5.41. The molecule has 0 N–H and O–H groups in total. The number of rotatable bonds is 7. The average Bonchev–Trinajstić information content (AvgIpc) is 3.98. The van der Waals surface area contributed by atoms with Crippen molar-refractivity contribution in [2.45, 2.75) is 0 Å². The lowest BCUT2D eigenvalue weighted by Gasteiger charge is -2.12. The van der Waals surface area contributed by atoms with Gasteiger partial charge in [0.05, 0.1) is 27.6 Å². The van der Waals surface area contributed by atoms with Gasteiger partial charge >= 0.3 is 0 Å². The SMILES string of the molecule is c1ccc(-c2ccc(-c3nc(-c4ccc(-c5ccccc5)cc4)nc(-n4c5ccccc5c5c4c4c(c6ccccc6n4-c4ccccc4)n5-c4ccccc4)n3)cc2)cc1. The van der Waals surface area contributed by atoms with Gasteiger partial charge in [-0.1, -0.05) is 182 Å². The fourth-order valence-electron chi connectivity index (χ4n) is 8.94. The zero-order valence-electron chi connectivity index (χ0n) is 33.0. The quantitative estimate of drug-likeness (QED) is 0.162. The van der Waals surface area contributed by atoms with Crippen LogP contribution < -0.4 is 0 Å². The Bertz CT molecular complexity index is 3430. The minimum atomic E-state index is 0.544. The van der Waals surface area contributed by atoms with Gasteiger partial charge in [0, 0.05) is 33.3 Å². The van der Waals surface area contributed by atoms with E-state index in [0.717, 1.165) is 88.6 Å². The highest BCUT2D eigenvalue weighted by Gasteiger charge is 2.29. The van der Waals surface area contributed by atoms with Crippen LogP contribution in [0, 0.1) is 0 Å². The van der Waals surface area contributed by atoms with Gasteiger partial charge in [-0.15, -0.1) is 0 Å². The Kier molecular flexibility index (Phi) is 8.06. The number of para-hydroxylation sites is 4. The van der Waals surface area contributed by atoms with Crippen LogP contribution in [0.25, 0.3) is 106 Å². The van der Waals surface area contributed by atoms with E-state index in [1.54, 1.807) is 0 Å². The fourth-order valence-corrected chi connectivity index (χ4v) is 8.94. The molecule has 0 fully saturated rings. The molecule has 0 aliphatic heterocycles. The summed E-state index contributed by atoms with van der Waals surface area (Å²) in [5.74, 6) is 1.74. The summed E-state index contributed by atoms with van der Waals surface area (Å²) in [5.41, 5.74) is 15.0. The first-order valence-corrected chi connectivity index (χ1v) is 20.5. The number of nitrogens with zero attached hydrogens (tertiary/aromatic N) is 6. The van der Waals surface area contributed by atoms with Crippen molar-refractivity contribution in [2.75, 3.05) is 0 Å². The molecule has 0 aliphatic carbocycles. The Hall–Kier alpha value is -8.35.